The van der Waals surface area contributed by atoms with E-state index in [0.29, 0.717) is 24.2 Å². The van der Waals surface area contributed by atoms with Crippen molar-refractivity contribution in [3.05, 3.63) is 58.9 Å². The molecule has 2 aromatic rings. The molecule has 2 aromatic carbocycles. The van der Waals surface area contributed by atoms with Gasteiger partial charge in [0.25, 0.3) is 10.0 Å². The van der Waals surface area contributed by atoms with E-state index in [1.54, 1.807) is 32.0 Å². The zero-order chi connectivity index (χ0) is 19.8. The minimum absolute atomic E-state index is 0.0213. The van der Waals surface area contributed by atoms with E-state index in [-0.39, 0.29) is 17.2 Å². The van der Waals surface area contributed by atoms with Gasteiger partial charge in [0.1, 0.15) is 5.82 Å². The third-order valence-corrected chi connectivity index (χ3v) is 7.98. The zero-order valence-corrected chi connectivity index (χ0v) is 16.7. The van der Waals surface area contributed by atoms with Crippen LogP contribution >= 0.6 is 0 Å². The Morgan fingerprint density at radius 1 is 1.07 bits per heavy atom. The number of anilines is 1. The normalized spacial score (nSPS) is 15.4. The van der Waals surface area contributed by atoms with Crippen molar-refractivity contribution in [2.24, 2.45) is 0 Å². The summed E-state index contributed by atoms with van der Waals surface area (Å²) in [6.45, 7) is 3.81. The Labute approximate surface area is 159 Å². The number of aryl methyl sites for hydroxylation is 1. The molecule has 1 N–H and O–H groups in total. The third-order valence-electron chi connectivity index (χ3n) is 4.63. The van der Waals surface area contributed by atoms with Crippen molar-refractivity contribution in [3.8, 4) is 0 Å². The van der Waals surface area contributed by atoms with Crippen LogP contribution in [0.1, 0.15) is 23.6 Å². The molecule has 0 fully saturated rings. The van der Waals surface area contributed by atoms with Crippen molar-refractivity contribution >= 4 is 25.7 Å². The van der Waals surface area contributed by atoms with Gasteiger partial charge < -0.3 is 0 Å². The second-order valence-corrected chi connectivity index (χ2v) is 10.4. The van der Waals surface area contributed by atoms with E-state index < -0.39 is 25.9 Å². The lowest BCUT2D eigenvalue weighted by molar-refractivity contribution is 0.392. The number of halogens is 1. The van der Waals surface area contributed by atoms with E-state index in [2.05, 4.69) is 4.72 Å². The fraction of sp³-hybridized carbons (Fsp3) is 0.333. The number of nitrogens with one attached hydrogen (secondary N) is 1. The SMILES string of the molecule is CCS(=O)(=O)N1CCc2ccc(NS(=O)(=O)c3cc(F)ccc3C)cc2C1. The first kappa shape index (κ1) is 19.8. The first-order valence-corrected chi connectivity index (χ1v) is 11.6. The van der Waals surface area contributed by atoms with Crippen molar-refractivity contribution < 1.29 is 21.2 Å². The van der Waals surface area contributed by atoms with Crippen LogP contribution in [-0.2, 0) is 33.0 Å². The Hall–Kier alpha value is -1.97. The molecule has 0 spiro atoms. The molecule has 0 bridgehead atoms. The van der Waals surface area contributed by atoms with Crippen molar-refractivity contribution in [3.63, 3.8) is 0 Å². The summed E-state index contributed by atoms with van der Waals surface area (Å²) in [6, 6.07) is 8.65. The van der Waals surface area contributed by atoms with Crippen LogP contribution in [0.25, 0.3) is 0 Å². The molecule has 0 radical (unpaired) electrons. The predicted octanol–water partition coefficient (Wildman–Crippen LogP) is 2.64. The molecule has 0 amide bonds. The zero-order valence-electron chi connectivity index (χ0n) is 15.1. The van der Waals surface area contributed by atoms with E-state index >= 15 is 0 Å². The lowest BCUT2D eigenvalue weighted by Crippen LogP contribution is -2.36. The molecule has 0 saturated carbocycles. The maximum Gasteiger partial charge on any atom is 0.262 e. The van der Waals surface area contributed by atoms with E-state index in [0.717, 1.165) is 17.2 Å². The van der Waals surface area contributed by atoms with Crippen molar-refractivity contribution in [2.75, 3.05) is 17.0 Å². The number of hydrogen-bond acceptors (Lipinski definition) is 4. The van der Waals surface area contributed by atoms with Gasteiger partial charge in [0.15, 0.2) is 0 Å². The lowest BCUT2D eigenvalue weighted by atomic mass is 10.0. The molecule has 1 aliphatic heterocycles. The highest BCUT2D eigenvalue weighted by Crippen LogP contribution is 2.26. The monoisotopic (exact) mass is 412 g/mol. The van der Waals surface area contributed by atoms with Gasteiger partial charge in [-0.15, -0.1) is 0 Å². The summed E-state index contributed by atoms with van der Waals surface area (Å²) in [5.41, 5.74) is 2.49. The van der Waals surface area contributed by atoms with Crippen LogP contribution in [0.5, 0.6) is 0 Å². The van der Waals surface area contributed by atoms with E-state index in [1.807, 2.05) is 0 Å². The van der Waals surface area contributed by atoms with Gasteiger partial charge in [-0.3, -0.25) is 4.72 Å². The van der Waals surface area contributed by atoms with Gasteiger partial charge in [0, 0.05) is 18.8 Å². The Bertz CT molecular complexity index is 1080. The Balaban J connectivity index is 1.90. The van der Waals surface area contributed by atoms with Crippen LogP contribution in [0, 0.1) is 12.7 Å². The van der Waals surface area contributed by atoms with Gasteiger partial charge in [-0.25, -0.2) is 21.2 Å². The first-order valence-electron chi connectivity index (χ1n) is 8.51. The molecule has 0 saturated heterocycles. The number of hydrogen-bond donors (Lipinski definition) is 1. The molecule has 0 atom stereocenters. The van der Waals surface area contributed by atoms with Crippen molar-refractivity contribution in [2.45, 2.75) is 31.7 Å². The second kappa shape index (κ2) is 7.21. The molecule has 1 heterocycles. The highest BCUT2D eigenvalue weighted by Gasteiger charge is 2.26. The topological polar surface area (TPSA) is 83.6 Å². The van der Waals surface area contributed by atoms with Crippen molar-refractivity contribution in [1.29, 1.82) is 0 Å². The van der Waals surface area contributed by atoms with Crippen LogP contribution in [0.2, 0.25) is 0 Å². The molecular weight excluding hydrogens is 391 g/mol. The molecule has 0 aromatic heterocycles. The van der Waals surface area contributed by atoms with Gasteiger partial charge in [0.05, 0.1) is 10.6 Å². The number of fused-ring (bicyclic) bond motifs is 1. The molecule has 1 aliphatic rings. The summed E-state index contributed by atoms with van der Waals surface area (Å²) in [5.74, 6) is -0.611. The smallest absolute Gasteiger partial charge is 0.262 e. The summed E-state index contributed by atoms with van der Waals surface area (Å²) < 4.78 is 66.8. The summed E-state index contributed by atoms with van der Waals surface area (Å²) >= 11 is 0. The summed E-state index contributed by atoms with van der Waals surface area (Å²) in [7, 11) is -7.27. The minimum Gasteiger partial charge on any atom is -0.280 e. The average Bonchev–Trinajstić information content (AvgIpc) is 2.62. The van der Waals surface area contributed by atoms with Gasteiger partial charge >= 0.3 is 0 Å². The van der Waals surface area contributed by atoms with E-state index in [9.17, 15) is 21.2 Å². The largest absolute Gasteiger partial charge is 0.280 e. The van der Waals surface area contributed by atoms with Crippen LogP contribution in [0.4, 0.5) is 10.1 Å². The molecule has 9 heteroatoms. The van der Waals surface area contributed by atoms with Crippen LogP contribution < -0.4 is 4.72 Å². The number of nitrogens with zero attached hydrogens (tertiary/aromatic N) is 1. The molecule has 3 rings (SSSR count). The number of rotatable bonds is 5. The predicted molar refractivity (Wildman–Crippen MR) is 102 cm³/mol. The summed E-state index contributed by atoms with van der Waals surface area (Å²) in [5, 5.41) is 0. The quantitative estimate of drug-likeness (QED) is 0.818. The Kier molecular flexibility index (Phi) is 5.29. The average molecular weight is 413 g/mol. The number of sulfonamides is 2. The Morgan fingerprint density at radius 2 is 1.81 bits per heavy atom. The summed E-state index contributed by atoms with van der Waals surface area (Å²) in [6.07, 6.45) is 0.574. The fourth-order valence-corrected chi connectivity index (χ4v) is 5.47. The van der Waals surface area contributed by atoms with Gasteiger partial charge in [0.2, 0.25) is 10.0 Å². The first-order chi connectivity index (χ1) is 12.6. The highest BCUT2D eigenvalue weighted by atomic mass is 32.2. The minimum atomic E-state index is -3.96. The van der Waals surface area contributed by atoms with E-state index in [1.165, 1.54) is 16.4 Å². The van der Waals surface area contributed by atoms with Crippen LogP contribution in [0.15, 0.2) is 41.3 Å². The standard InChI is InChI=1S/C18H21FN2O4S2/c1-3-26(22,23)21-9-8-14-5-7-17(10-15(14)12-21)20-27(24,25)18-11-16(19)6-4-13(18)2/h4-7,10-11,20H,3,8-9,12H2,1-2H3. The molecule has 146 valence electrons. The molecule has 0 aliphatic carbocycles. The molecule has 0 unspecified atom stereocenters. The molecule has 27 heavy (non-hydrogen) atoms. The number of benzene rings is 2. The molecule has 6 nitrogen and oxygen atoms in total. The van der Waals surface area contributed by atoms with Gasteiger partial charge in [-0.1, -0.05) is 12.1 Å². The third kappa shape index (κ3) is 4.15. The molecular formula is C18H21FN2O4S2. The highest BCUT2D eigenvalue weighted by molar-refractivity contribution is 7.92. The van der Waals surface area contributed by atoms with Crippen LogP contribution in [0.3, 0.4) is 0 Å². The van der Waals surface area contributed by atoms with Gasteiger partial charge in [-0.2, -0.15) is 4.31 Å². The lowest BCUT2D eigenvalue weighted by Gasteiger charge is -2.28. The maximum atomic E-state index is 13.5. The van der Waals surface area contributed by atoms with E-state index in [4.69, 9.17) is 0 Å². The van der Waals surface area contributed by atoms with Crippen LogP contribution in [-0.4, -0.2) is 33.4 Å². The fourth-order valence-electron chi connectivity index (χ4n) is 3.09. The Morgan fingerprint density at radius 3 is 2.52 bits per heavy atom. The van der Waals surface area contributed by atoms with Crippen molar-refractivity contribution in [1.82, 2.24) is 4.31 Å². The summed E-state index contributed by atoms with van der Waals surface area (Å²) in [4.78, 5) is -0.129. The van der Waals surface area contributed by atoms with Gasteiger partial charge in [-0.05, 0) is 61.2 Å². The maximum absolute atomic E-state index is 13.5. The second-order valence-electron chi connectivity index (χ2n) is 6.48.